The molecule has 3 aliphatic rings. The molecule has 0 radical (unpaired) electrons. The van der Waals surface area contributed by atoms with E-state index >= 15 is 0 Å². The van der Waals surface area contributed by atoms with E-state index in [1.54, 1.807) is 0 Å². The zero-order valence-corrected chi connectivity index (χ0v) is 16.2. The second kappa shape index (κ2) is 6.45. The molecule has 0 aromatic carbocycles. The van der Waals surface area contributed by atoms with Gasteiger partial charge in [0.25, 0.3) is 0 Å². The Morgan fingerprint density at radius 2 is 2.08 bits per heavy atom. The number of amides is 2. The first kappa shape index (κ1) is 18.5. The average Bonchev–Trinajstić information content (AvgIpc) is 2.77. The van der Waals surface area contributed by atoms with Gasteiger partial charge in [0.1, 0.15) is 11.3 Å². The largest absolute Gasteiger partial charge is 0.444 e. The molecule has 0 unspecified atom stereocenters. The first-order chi connectivity index (χ1) is 11.6. The van der Waals surface area contributed by atoms with Crippen molar-refractivity contribution >= 4 is 12.0 Å². The summed E-state index contributed by atoms with van der Waals surface area (Å²) >= 11 is 0. The molecule has 3 aliphatic heterocycles. The highest BCUT2D eigenvalue weighted by Gasteiger charge is 2.58. The van der Waals surface area contributed by atoms with Crippen LogP contribution in [0.5, 0.6) is 0 Å². The number of carbonyl (C=O) groups is 2. The molecule has 142 valence electrons. The van der Waals surface area contributed by atoms with E-state index in [1.165, 1.54) is 0 Å². The summed E-state index contributed by atoms with van der Waals surface area (Å²) in [4.78, 5) is 29.1. The number of likely N-dealkylation sites (tertiary alicyclic amines) is 1. The number of nitrogens with zero attached hydrogens (tertiary/aromatic N) is 2. The molecule has 25 heavy (non-hydrogen) atoms. The van der Waals surface area contributed by atoms with Gasteiger partial charge in [-0.3, -0.25) is 4.79 Å². The lowest BCUT2D eigenvalue weighted by atomic mass is 9.82. The lowest BCUT2D eigenvalue weighted by molar-refractivity contribution is -0.177. The molecule has 3 saturated heterocycles. The maximum Gasteiger partial charge on any atom is 0.410 e. The molecule has 3 heterocycles. The molecule has 3 rings (SSSR count). The Bertz CT molecular complexity index is 542. The summed E-state index contributed by atoms with van der Waals surface area (Å²) < 4.78 is 11.9. The summed E-state index contributed by atoms with van der Waals surface area (Å²) in [5.41, 5.74) is -1.02. The maximum atomic E-state index is 12.7. The Kier molecular flexibility index (Phi) is 4.77. The van der Waals surface area contributed by atoms with Crippen LogP contribution in [0.3, 0.4) is 0 Å². The molecule has 0 N–H and O–H groups in total. The maximum absolute atomic E-state index is 12.7. The molecular weight excluding hydrogens is 320 g/mol. The molecule has 0 aliphatic carbocycles. The highest BCUT2D eigenvalue weighted by Crippen LogP contribution is 2.47. The summed E-state index contributed by atoms with van der Waals surface area (Å²) in [6.45, 7) is 11.8. The second-order valence-corrected chi connectivity index (χ2v) is 9.00. The molecule has 1 spiro atoms. The third kappa shape index (κ3) is 3.37. The van der Waals surface area contributed by atoms with Crippen LogP contribution in [-0.2, 0) is 14.3 Å². The SMILES string of the molecule is CC(C)[C@H]1CO[C@]23CCCN(C(=O)OC(C)(C)C)C[C@H]2CCC(=O)N13. The minimum absolute atomic E-state index is 0.142. The Hall–Kier alpha value is -1.30. The van der Waals surface area contributed by atoms with Crippen molar-refractivity contribution in [1.29, 1.82) is 0 Å². The minimum Gasteiger partial charge on any atom is -0.444 e. The van der Waals surface area contributed by atoms with Gasteiger partial charge in [0, 0.05) is 25.4 Å². The van der Waals surface area contributed by atoms with Crippen LogP contribution in [0.25, 0.3) is 0 Å². The zero-order valence-electron chi connectivity index (χ0n) is 16.2. The van der Waals surface area contributed by atoms with Gasteiger partial charge in [0.2, 0.25) is 5.91 Å². The summed E-state index contributed by atoms with van der Waals surface area (Å²) in [5.74, 6) is 0.731. The van der Waals surface area contributed by atoms with Crippen molar-refractivity contribution in [3.8, 4) is 0 Å². The molecule has 6 heteroatoms. The molecule has 0 saturated carbocycles. The van der Waals surface area contributed by atoms with Crippen LogP contribution < -0.4 is 0 Å². The fourth-order valence-electron chi connectivity index (χ4n) is 4.50. The van der Waals surface area contributed by atoms with Gasteiger partial charge in [0.05, 0.1) is 12.6 Å². The van der Waals surface area contributed by atoms with Gasteiger partial charge in [-0.05, 0) is 46.0 Å². The summed E-state index contributed by atoms with van der Waals surface area (Å²) in [6.07, 6.45) is 2.68. The summed E-state index contributed by atoms with van der Waals surface area (Å²) in [5, 5.41) is 0. The van der Waals surface area contributed by atoms with Gasteiger partial charge < -0.3 is 19.3 Å². The van der Waals surface area contributed by atoms with E-state index in [0.29, 0.717) is 32.0 Å². The molecule has 2 amide bonds. The molecule has 3 atom stereocenters. The van der Waals surface area contributed by atoms with Crippen LogP contribution >= 0.6 is 0 Å². The van der Waals surface area contributed by atoms with Crippen LogP contribution in [0.15, 0.2) is 0 Å². The lowest BCUT2D eigenvalue weighted by Crippen LogP contribution is -2.60. The zero-order chi connectivity index (χ0) is 18.4. The number of hydrogen-bond acceptors (Lipinski definition) is 4. The van der Waals surface area contributed by atoms with E-state index in [2.05, 4.69) is 13.8 Å². The van der Waals surface area contributed by atoms with E-state index in [-0.39, 0.29) is 24.0 Å². The highest BCUT2D eigenvalue weighted by atomic mass is 16.6. The van der Waals surface area contributed by atoms with E-state index < -0.39 is 11.3 Å². The van der Waals surface area contributed by atoms with E-state index in [1.807, 2.05) is 30.6 Å². The highest BCUT2D eigenvalue weighted by molar-refractivity contribution is 5.79. The fourth-order valence-corrected chi connectivity index (χ4v) is 4.50. The molecule has 0 aromatic heterocycles. The molecule has 6 nitrogen and oxygen atoms in total. The van der Waals surface area contributed by atoms with Gasteiger partial charge in [-0.2, -0.15) is 0 Å². The van der Waals surface area contributed by atoms with Crippen molar-refractivity contribution in [3.63, 3.8) is 0 Å². The van der Waals surface area contributed by atoms with Crippen LogP contribution in [0, 0.1) is 11.8 Å². The third-order valence-electron chi connectivity index (χ3n) is 5.68. The predicted molar refractivity (Wildman–Crippen MR) is 93.9 cm³/mol. The lowest BCUT2D eigenvalue weighted by Gasteiger charge is -2.48. The Balaban J connectivity index is 1.82. The fraction of sp³-hybridized carbons (Fsp3) is 0.895. The quantitative estimate of drug-likeness (QED) is 0.728. The van der Waals surface area contributed by atoms with E-state index in [4.69, 9.17) is 9.47 Å². The third-order valence-corrected chi connectivity index (χ3v) is 5.68. The number of rotatable bonds is 1. The first-order valence-electron chi connectivity index (χ1n) is 9.58. The minimum atomic E-state index is -0.527. The normalized spacial score (nSPS) is 33.1. The Morgan fingerprint density at radius 1 is 1.36 bits per heavy atom. The molecule has 0 bridgehead atoms. The summed E-state index contributed by atoms with van der Waals surface area (Å²) in [7, 11) is 0. The Labute approximate surface area is 150 Å². The van der Waals surface area contributed by atoms with E-state index in [0.717, 1.165) is 19.3 Å². The van der Waals surface area contributed by atoms with Crippen LogP contribution in [0.4, 0.5) is 4.79 Å². The van der Waals surface area contributed by atoms with Crippen molar-refractivity contribution in [2.24, 2.45) is 11.8 Å². The topological polar surface area (TPSA) is 59.1 Å². The average molecular weight is 352 g/mol. The van der Waals surface area contributed by atoms with Gasteiger partial charge in [0.15, 0.2) is 0 Å². The standard InChI is InChI=1S/C19H32N2O4/c1-13(2)15-12-24-19-9-6-10-20(17(23)25-18(3,4)5)11-14(19)7-8-16(22)21(15)19/h13-15H,6-12H2,1-5H3/t14-,15-,19-/m1/s1. The molecule has 3 fully saturated rings. The second-order valence-electron chi connectivity index (χ2n) is 9.00. The predicted octanol–water partition coefficient (Wildman–Crippen LogP) is 3.01. The van der Waals surface area contributed by atoms with Crippen molar-refractivity contribution in [2.75, 3.05) is 19.7 Å². The van der Waals surface area contributed by atoms with E-state index in [9.17, 15) is 9.59 Å². The Morgan fingerprint density at radius 3 is 2.72 bits per heavy atom. The van der Waals surface area contributed by atoms with Crippen LogP contribution in [0.1, 0.15) is 60.3 Å². The first-order valence-corrected chi connectivity index (χ1v) is 9.58. The van der Waals surface area contributed by atoms with Gasteiger partial charge in [-0.15, -0.1) is 0 Å². The van der Waals surface area contributed by atoms with Crippen LogP contribution in [-0.4, -0.2) is 58.9 Å². The van der Waals surface area contributed by atoms with Crippen LogP contribution in [0.2, 0.25) is 0 Å². The van der Waals surface area contributed by atoms with Gasteiger partial charge in [-0.1, -0.05) is 13.8 Å². The number of carbonyl (C=O) groups excluding carboxylic acids is 2. The smallest absolute Gasteiger partial charge is 0.410 e. The monoisotopic (exact) mass is 352 g/mol. The van der Waals surface area contributed by atoms with Crippen molar-refractivity contribution < 1.29 is 19.1 Å². The van der Waals surface area contributed by atoms with Crippen molar-refractivity contribution in [1.82, 2.24) is 9.80 Å². The molecule has 0 aromatic rings. The van der Waals surface area contributed by atoms with Crippen molar-refractivity contribution in [3.05, 3.63) is 0 Å². The van der Waals surface area contributed by atoms with Crippen molar-refractivity contribution in [2.45, 2.75) is 77.7 Å². The number of piperidine rings is 1. The summed E-state index contributed by atoms with van der Waals surface area (Å²) in [6, 6.07) is 0.142. The molecular formula is C19H32N2O4. The number of ether oxygens (including phenoxy) is 2. The van der Waals surface area contributed by atoms with Gasteiger partial charge >= 0.3 is 6.09 Å². The van der Waals surface area contributed by atoms with Gasteiger partial charge in [-0.25, -0.2) is 4.79 Å². The number of hydrogen-bond donors (Lipinski definition) is 0.